The molecule has 30 heavy (non-hydrogen) atoms. The zero-order chi connectivity index (χ0) is 21.5. The quantitative estimate of drug-likeness (QED) is 0.483. The Hall–Kier alpha value is -2.89. The molecule has 0 unspecified atom stereocenters. The Labute approximate surface area is 176 Å². The van der Waals surface area contributed by atoms with E-state index in [1.54, 1.807) is 32.3 Å². The zero-order valence-electron chi connectivity index (χ0n) is 16.5. The molecule has 0 saturated carbocycles. The monoisotopic (exact) mass is 445 g/mol. The second-order valence-corrected chi connectivity index (χ2v) is 9.57. The van der Waals surface area contributed by atoms with E-state index in [-0.39, 0.29) is 16.3 Å². The van der Waals surface area contributed by atoms with Gasteiger partial charge in [-0.25, -0.2) is 23.1 Å². The van der Waals surface area contributed by atoms with Gasteiger partial charge < -0.3 is 9.09 Å². The molecule has 0 amide bonds. The van der Waals surface area contributed by atoms with Crippen LogP contribution < -0.4 is 9.60 Å². The van der Waals surface area contributed by atoms with Gasteiger partial charge >= 0.3 is 4.87 Å². The van der Waals surface area contributed by atoms with Gasteiger partial charge in [-0.3, -0.25) is 4.79 Å². The van der Waals surface area contributed by atoms with Crippen LogP contribution in [-0.2, 0) is 23.5 Å². The SMILES string of the molecule is Cc1cc(-c2cnc(C)nc2CCNS(=O)(=O)c2ccc3c(c2)sc(=O)n3C)on1. The molecule has 0 saturated heterocycles. The summed E-state index contributed by atoms with van der Waals surface area (Å²) in [5, 5.41) is 3.88. The van der Waals surface area contributed by atoms with Crippen molar-refractivity contribution in [1.82, 2.24) is 24.4 Å². The van der Waals surface area contributed by atoms with Crippen LogP contribution in [0.4, 0.5) is 0 Å². The lowest BCUT2D eigenvalue weighted by Crippen LogP contribution is -2.26. The average molecular weight is 446 g/mol. The summed E-state index contributed by atoms with van der Waals surface area (Å²) in [4.78, 5) is 20.4. The molecule has 0 bridgehead atoms. The lowest BCUT2D eigenvalue weighted by Gasteiger charge is -2.09. The van der Waals surface area contributed by atoms with Crippen LogP contribution in [0.25, 0.3) is 21.5 Å². The summed E-state index contributed by atoms with van der Waals surface area (Å²) in [6.45, 7) is 3.72. The van der Waals surface area contributed by atoms with Gasteiger partial charge in [0.15, 0.2) is 5.76 Å². The Morgan fingerprint density at radius 3 is 2.77 bits per heavy atom. The van der Waals surface area contributed by atoms with Crippen molar-refractivity contribution >= 4 is 31.6 Å². The van der Waals surface area contributed by atoms with E-state index in [1.165, 1.54) is 16.7 Å². The molecule has 1 aromatic carbocycles. The topological polar surface area (TPSA) is 120 Å². The molecule has 4 rings (SSSR count). The fourth-order valence-electron chi connectivity index (χ4n) is 3.07. The van der Waals surface area contributed by atoms with Gasteiger partial charge in [0.2, 0.25) is 10.0 Å². The molecule has 0 aliphatic carbocycles. The number of nitrogens with zero attached hydrogens (tertiary/aromatic N) is 4. The Morgan fingerprint density at radius 2 is 2.03 bits per heavy atom. The van der Waals surface area contributed by atoms with Crippen LogP contribution in [0.2, 0.25) is 0 Å². The average Bonchev–Trinajstić information content (AvgIpc) is 3.24. The molecular formula is C19H19N5O4S2. The van der Waals surface area contributed by atoms with Crippen LogP contribution in [0.1, 0.15) is 17.2 Å². The third kappa shape index (κ3) is 3.91. The van der Waals surface area contributed by atoms with Gasteiger partial charge in [-0.2, -0.15) is 0 Å². The summed E-state index contributed by atoms with van der Waals surface area (Å²) in [5.41, 5.74) is 2.78. The van der Waals surface area contributed by atoms with Gasteiger partial charge in [-0.05, 0) is 32.0 Å². The number of thiazole rings is 1. The molecule has 3 heterocycles. The molecule has 0 aliphatic heterocycles. The Kier molecular flexibility index (Phi) is 5.26. The normalized spacial score (nSPS) is 12.0. The van der Waals surface area contributed by atoms with Crippen molar-refractivity contribution in [2.75, 3.05) is 6.54 Å². The maximum Gasteiger partial charge on any atom is 0.307 e. The van der Waals surface area contributed by atoms with Crippen molar-refractivity contribution in [3.05, 3.63) is 57.3 Å². The number of fused-ring (bicyclic) bond motifs is 1. The van der Waals surface area contributed by atoms with Crippen molar-refractivity contribution in [3.8, 4) is 11.3 Å². The third-order valence-electron chi connectivity index (χ3n) is 4.61. The number of benzene rings is 1. The molecule has 0 radical (unpaired) electrons. The number of aromatic nitrogens is 4. The van der Waals surface area contributed by atoms with Gasteiger partial charge in [0.25, 0.3) is 0 Å². The fraction of sp³-hybridized carbons (Fsp3) is 0.263. The minimum atomic E-state index is -3.74. The lowest BCUT2D eigenvalue weighted by molar-refractivity contribution is 0.426. The molecular weight excluding hydrogens is 426 g/mol. The van der Waals surface area contributed by atoms with E-state index in [0.29, 0.717) is 39.5 Å². The van der Waals surface area contributed by atoms with E-state index in [4.69, 9.17) is 4.52 Å². The summed E-state index contributed by atoms with van der Waals surface area (Å²) in [6, 6.07) is 6.43. The minimum absolute atomic E-state index is 0.113. The summed E-state index contributed by atoms with van der Waals surface area (Å²) >= 11 is 1.01. The largest absolute Gasteiger partial charge is 0.356 e. The van der Waals surface area contributed by atoms with Crippen LogP contribution in [0.5, 0.6) is 0 Å². The van der Waals surface area contributed by atoms with Crippen molar-refractivity contribution < 1.29 is 12.9 Å². The van der Waals surface area contributed by atoms with E-state index in [1.807, 2.05) is 6.92 Å². The second-order valence-electron chi connectivity index (χ2n) is 6.81. The molecule has 1 N–H and O–H groups in total. The Balaban J connectivity index is 1.54. The second kappa shape index (κ2) is 7.74. The number of hydrogen-bond acceptors (Lipinski definition) is 8. The highest BCUT2D eigenvalue weighted by Crippen LogP contribution is 2.24. The first-order valence-electron chi connectivity index (χ1n) is 9.10. The van der Waals surface area contributed by atoms with Crippen molar-refractivity contribution in [3.63, 3.8) is 0 Å². The first kappa shape index (κ1) is 20.4. The third-order valence-corrected chi connectivity index (χ3v) is 7.06. The minimum Gasteiger partial charge on any atom is -0.356 e. The summed E-state index contributed by atoms with van der Waals surface area (Å²) in [5.74, 6) is 1.12. The van der Waals surface area contributed by atoms with E-state index < -0.39 is 10.0 Å². The van der Waals surface area contributed by atoms with E-state index in [2.05, 4.69) is 19.8 Å². The first-order valence-corrected chi connectivity index (χ1v) is 11.4. The maximum atomic E-state index is 12.7. The smallest absolute Gasteiger partial charge is 0.307 e. The predicted octanol–water partition coefficient (Wildman–Crippen LogP) is 2.18. The van der Waals surface area contributed by atoms with Gasteiger partial charge in [-0.15, -0.1) is 0 Å². The highest BCUT2D eigenvalue weighted by atomic mass is 32.2. The molecule has 9 nitrogen and oxygen atoms in total. The highest BCUT2D eigenvalue weighted by molar-refractivity contribution is 7.89. The zero-order valence-corrected chi connectivity index (χ0v) is 18.2. The van der Waals surface area contributed by atoms with E-state index in [0.717, 1.165) is 17.0 Å². The maximum absolute atomic E-state index is 12.7. The Morgan fingerprint density at radius 1 is 1.23 bits per heavy atom. The molecule has 0 fully saturated rings. The van der Waals surface area contributed by atoms with Crippen LogP contribution in [-0.4, -0.2) is 34.7 Å². The van der Waals surface area contributed by atoms with Crippen molar-refractivity contribution in [2.45, 2.75) is 25.2 Å². The molecule has 0 atom stereocenters. The highest BCUT2D eigenvalue weighted by Gasteiger charge is 2.18. The number of nitrogens with one attached hydrogen (secondary N) is 1. The molecule has 0 spiro atoms. The van der Waals surface area contributed by atoms with E-state index in [9.17, 15) is 13.2 Å². The molecule has 156 valence electrons. The van der Waals surface area contributed by atoms with Crippen LogP contribution in [0, 0.1) is 13.8 Å². The predicted molar refractivity (Wildman–Crippen MR) is 113 cm³/mol. The molecule has 11 heteroatoms. The number of aryl methyl sites for hydroxylation is 3. The molecule has 3 aromatic heterocycles. The van der Waals surface area contributed by atoms with Crippen LogP contribution >= 0.6 is 11.3 Å². The summed E-state index contributed by atoms with van der Waals surface area (Å²) in [6.07, 6.45) is 2.00. The summed E-state index contributed by atoms with van der Waals surface area (Å²) in [7, 11) is -2.09. The summed E-state index contributed by atoms with van der Waals surface area (Å²) < 4.78 is 35.5. The van der Waals surface area contributed by atoms with E-state index >= 15 is 0 Å². The van der Waals surface area contributed by atoms with Crippen LogP contribution in [0.3, 0.4) is 0 Å². The van der Waals surface area contributed by atoms with Crippen molar-refractivity contribution in [1.29, 1.82) is 0 Å². The van der Waals surface area contributed by atoms with Gasteiger partial charge in [0.05, 0.1) is 32.1 Å². The fourth-order valence-corrected chi connectivity index (χ4v) is 5.12. The first-order chi connectivity index (χ1) is 14.2. The molecule has 4 aromatic rings. The standard InChI is InChI=1S/C19H19N5O4S2/c1-11-8-17(28-23-11)14-10-20-12(2)22-15(14)6-7-21-30(26,27)13-4-5-16-18(9-13)29-19(25)24(16)3/h4-5,8-10,21H,6-7H2,1-3H3. The van der Waals surface area contributed by atoms with Gasteiger partial charge in [0, 0.05) is 32.3 Å². The number of rotatable bonds is 6. The molecule has 0 aliphatic rings. The lowest BCUT2D eigenvalue weighted by atomic mass is 10.1. The van der Waals surface area contributed by atoms with Gasteiger partial charge in [-0.1, -0.05) is 16.5 Å². The van der Waals surface area contributed by atoms with Crippen LogP contribution in [0.15, 0.2) is 44.7 Å². The van der Waals surface area contributed by atoms with Gasteiger partial charge in [0.1, 0.15) is 5.82 Å². The number of hydrogen-bond donors (Lipinski definition) is 1. The number of sulfonamides is 1. The van der Waals surface area contributed by atoms with Crippen molar-refractivity contribution in [2.24, 2.45) is 7.05 Å². The Bertz CT molecular complexity index is 1400.